The van der Waals surface area contributed by atoms with Gasteiger partial charge >= 0.3 is 0 Å². The number of hydrogen-bond donors (Lipinski definition) is 1. The van der Waals surface area contributed by atoms with Gasteiger partial charge in [-0.05, 0) is 46.2 Å². The number of halogens is 2. The minimum atomic E-state index is 0. The molecule has 0 aromatic heterocycles. The van der Waals surface area contributed by atoms with Crippen molar-refractivity contribution in [2.45, 2.75) is 13.2 Å². The summed E-state index contributed by atoms with van der Waals surface area (Å²) in [5.41, 5.74) is 2.27. The van der Waals surface area contributed by atoms with E-state index in [-0.39, 0.29) is 12.4 Å². The fraction of sp³-hybridized carbons (Fsp3) is 0.250. The lowest BCUT2D eigenvalue weighted by Gasteiger charge is -2.14. The summed E-state index contributed by atoms with van der Waals surface area (Å²) < 4.78 is 12.2. The van der Waals surface area contributed by atoms with E-state index in [1.54, 1.807) is 7.11 Å². The molecule has 1 N–H and O–H groups in total. The van der Waals surface area contributed by atoms with E-state index in [1.165, 1.54) is 0 Å². The highest BCUT2D eigenvalue weighted by Gasteiger charge is 2.11. The summed E-state index contributed by atoms with van der Waals surface area (Å²) in [6.45, 7) is 1.30. The van der Waals surface area contributed by atoms with E-state index in [9.17, 15) is 0 Å². The van der Waals surface area contributed by atoms with Crippen LogP contribution in [0, 0.1) is 0 Å². The van der Waals surface area contributed by atoms with Gasteiger partial charge in [-0.25, -0.2) is 0 Å². The van der Waals surface area contributed by atoms with Gasteiger partial charge in [-0.15, -0.1) is 0 Å². The van der Waals surface area contributed by atoms with Gasteiger partial charge in [-0.2, -0.15) is 0 Å². The molecular formula is C16H18BrClNO2-. The van der Waals surface area contributed by atoms with Crippen LogP contribution in [-0.4, -0.2) is 14.2 Å². The molecule has 0 radical (unpaired) electrons. The van der Waals surface area contributed by atoms with Crippen molar-refractivity contribution in [3.63, 3.8) is 0 Å². The standard InChI is InChI=1S/C16H18BrNO2.ClH/c1-18-10-13-8-14(17)16(15(9-13)19-2)20-11-12-6-4-3-5-7-12;/h3-9,18H,10-11H2,1-2H3;1H/p-1. The van der Waals surface area contributed by atoms with Crippen molar-refractivity contribution in [1.82, 2.24) is 5.32 Å². The quantitative estimate of drug-likeness (QED) is 0.813. The van der Waals surface area contributed by atoms with Crippen LogP contribution in [0.2, 0.25) is 0 Å². The largest absolute Gasteiger partial charge is 1.00 e. The van der Waals surface area contributed by atoms with Crippen LogP contribution in [0.5, 0.6) is 11.5 Å². The Bertz CT molecular complexity index is 564. The highest BCUT2D eigenvalue weighted by atomic mass is 79.9. The Labute approximate surface area is 140 Å². The molecule has 0 atom stereocenters. The fourth-order valence-corrected chi connectivity index (χ4v) is 2.55. The van der Waals surface area contributed by atoms with Gasteiger partial charge in [0.2, 0.25) is 0 Å². The van der Waals surface area contributed by atoms with Gasteiger partial charge in [0.25, 0.3) is 0 Å². The van der Waals surface area contributed by atoms with E-state index in [2.05, 4.69) is 21.2 Å². The van der Waals surface area contributed by atoms with Gasteiger partial charge in [0.15, 0.2) is 11.5 Å². The summed E-state index contributed by atoms with van der Waals surface area (Å²) in [6, 6.07) is 14.1. The lowest BCUT2D eigenvalue weighted by molar-refractivity contribution is -0.00000456. The Morgan fingerprint density at radius 2 is 1.81 bits per heavy atom. The zero-order valence-electron chi connectivity index (χ0n) is 12.0. The predicted octanol–water partition coefficient (Wildman–Crippen LogP) is 0.760. The molecule has 2 rings (SSSR count). The average Bonchev–Trinajstić information content (AvgIpc) is 2.47. The maximum Gasteiger partial charge on any atom is 0.175 e. The Balaban J connectivity index is 0.00000220. The molecule has 0 fully saturated rings. The van der Waals surface area contributed by atoms with Crippen molar-refractivity contribution >= 4 is 15.9 Å². The number of ether oxygens (including phenoxy) is 2. The molecule has 2 aromatic carbocycles. The molecule has 2 aromatic rings. The first-order valence-corrected chi connectivity index (χ1v) is 7.21. The molecule has 0 bridgehead atoms. The molecule has 0 unspecified atom stereocenters. The number of nitrogens with one attached hydrogen (secondary N) is 1. The molecule has 0 amide bonds. The Hall–Kier alpha value is -1.23. The van der Waals surface area contributed by atoms with Gasteiger partial charge in [0, 0.05) is 6.54 Å². The maximum atomic E-state index is 5.89. The van der Waals surface area contributed by atoms with Crippen LogP contribution in [0.3, 0.4) is 0 Å². The second kappa shape index (κ2) is 8.93. The van der Waals surface area contributed by atoms with Crippen molar-refractivity contribution in [1.29, 1.82) is 0 Å². The summed E-state index contributed by atoms with van der Waals surface area (Å²) >= 11 is 3.55. The Kier molecular flexibility index (Phi) is 7.57. The van der Waals surface area contributed by atoms with Gasteiger partial charge < -0.3 is 27.2 Å². The van der Waals surface area contributed by atoms with E-state index in [0.29, 0.717) is 6.61 Å². The van der Waals surface area contributed by atoms with Crippen LogP contribution >= 0.6 is 15.9 Å². The summed E-state index contributed by atoms with van der Waals surface area (Å²) in [5.74, 6) is 1.47. The van der Waals surface area contributed by atoms with E-state index in [1.807, 2.05) is 49.5 Å². The van der Waals surface area contributed by atoms with Crippen LogP contribution in [0.1, 0.15) is 11.1 Å². The molecule has 21 heavy (non-hydrogen) atoms. The molecule has 0 spiro atoms. The van der Waals surface area contributed by atoms with Crippen molar-refractivity contribution in [2.24, 2.45) is 0 Å². The first-order chi connectivity index (χ1) is 9.74. The van der Waals surface area contributed by atoms with Crippen molar-refractivity contribution in [3.8, 4) is 11.5 Å². The first kappa shape index (κ1) is 17.8. The molecule has 0 saturated heterocycles. The van der Waals surface area contributed by atoms with Gasteiger partial charge in [0.05, 0.1) is 11.6 Å². The van der Waals surface area contributed by atoms with Gasteiger partial charge in [-0.1, -0.05) is 30.3 Å². The summed E-state index contributed by atoms with van der Waals surface area (Å²) in [6.07, 6.45) is 0. The summed E-state index contributed by atoms with van der Waals surface area (Å²) in [4.78, 5) is 0. The molecule has 0 aliphatic heterocycles. The lowest BCUT2D eigenvalue weighted by Crippen LogP contribution is -3.00. The van der Waals surface area contributed by atoms with Crippen LogP contribution in [0.25, 0.3) is 0 Å². The fourth-order valence-electron chi connectivity index (χ4n) is 1.95. The normalized spacial score (nSPS) is 9.86. The van der Waals surface area contributed by atoms with Crippen molar-refractivity contribution in [2.75, 3.05) is 14.2 Å². The highest BCUT2D eigenvalue weighted by Crippen LogP contribution is 2.37. The Morgan fingerprint density at radius 3 is 2.43 bits per heavy atom. The second-order valence-corrected chi connectivity index (χ2v) is 5.27. The van der Waals surface area contributed by atoms with Gasteiger partial charge in [-0.3, -0.25) is 0 Å². The van der Waals surface area contributed by atoms with E-state index in [4.69, 9.17) is 9.47 Å². The van der Waals surface area contributed by atoms with Crippen LogP contribution in [-0.2, 0) is 13.2 Å². The van der Waals surface area contributed by atoms with E-state index in [0.717, 1.165) is 33.6 Å². The summed E-state index contributed by atoms with van der Waals surface area (Å²) in [5, 5.41) is 3.12. The minimum Gasteiger partial charge on any atom is -1.00 e. The lowest BCUT2D eigenvalue weighted by atomic mass is 10.2. The zero-order valence-corrected chi connectivity index (χ0v) is 14.4. The monoisotopic (exact) mass is 370 g/mol. The number of hydrogen-bond acceptors (Lipinski definition) is 3. The summed E-state index contributed by atoms with van der Waals surface area (Å²) in [7, 11) is 3.57. The zero-order chi connectivity index (χ0) is 14.4. The van der Waals surface area contributed by atoms with E-state index >= 15 is 0 Å². The van der Waals surface area contributed by atoms with E-state index < -0.39 is 0 Å². The van der Waals surface area contributed by atoms with Crippen molar-refractivity contribution in [3.05, 3.63) is 58.1 Å². The average molecular weight is 372 g/mol. The van der Waals surface area contributed by atoms with Crippen molar-refractivity contribution < 1.29 is 21.9 Å². The number of rotatable bonds is 6. The number of methoxy groups -OCH3 is 1. The van der Waals surface area contributed by atoms with Crippen LogP contribution in [0.15, 0.2) is 46.9 Å². The third-order valence-electron chi connectivity index (χ3n) is 2.90. The van der Waals surface area contributed by atoms with Crippen LogP contribution < -0.4 is 27.2 Å². The van der Waals surface area contributed by atoms with Gasteiger partial charge in [0.1, 0.15) is 6.61 Å². The SMILES string of the molecule is CNCc1cc(Br)c(OCc2ccccc2)c(OC)c1.[Cl-]. The molecule has 0 saturated carbocycles. The smallest absolute Gasteiger partial charge is 0.175 e. The molecule has 3 nitrogen and oxygen atoms in total. The molecule has 0 aliphatic carbocycles. The molecule has 114 valence electrons. The number of benzene rings is 2. The first-order valence-electron chi connectivity index (χ1n) is 6.42. The maximum absolute atomic E-state index is 5.89. The topological polar surface area (TPSA) is 30.5 Å². The predicted molar refractivity (Wildman–Crippen MR) is 84.2 cm³/mol. The minimum absolute atomic E-state index is 0. The molecule has 0 aliphatic rings. The molecule has 0 heterocycles. The second-order valence-electron chi connectivity index (χ2n) is 4.41. The highest BCUT2D eigenvalue weighted by molar-refractivity contribution is 9.10. The third kappa shape index (κ3) is 4.92. The Morgan fingerprint density at radius 1 is 1.10 bits per heavy atom. The third-order valence-corrected chi connectivity index (χ3v) is 3.49. The molecular weight excluding hydrogens is 354 g/mol. The molecule has 5 heteroatoms. The van der Waals surface area contributed by atoms with Crippen LogP contribution in [0.4, 0.5) is 0 Å².